The van der Waals surface area contributed by atoms with Crippen molar-refractivity contribution in [1.29, 1.82) is 0 Å². The molecule has 1 amide bonds. The molecule has 4 rings (SSSR count). The number of hydrogen-bond donors (Lipinski definition) is 2. The smallest absolute Gasteiger partial charge is 0.268 e. The molecule has 1 aromatic heterocycles. The minimum absolute atomic E-state index is 0.0352. The number of hydrogen-bond acceptors (Lipinski definition) is 5. The molecule has 4 atom stereocenters. The molecule has 1 aromatic rings. The van der Waals surface area contributed by atoms with Gasteiger partial charge in [0.05, 0.1) is 37.5 Å². The number of amidine groups is 1. The number of imidazole rings is 1. The van der Waals surface area contributed by atoms with Crippen molar-refractivity contribution < 1.29 is 19.3 Å². The summed E-state index contributed by atoms with van der Waals surface area (Å²) in [6, 6.07) is -0.163. The van der Waals surface area contributed by atoms with Crippen LogP contribution in [0.4, 0.5) is 0 Å². The first-order valence-corrected chi connectivity index (χ1v) is 10.5. The molecule has 0 bridgehead atoms. The fourth-order valence-corrected chi connectivity index (χ4v) is 4.91. The maximum absolute atomic E-state index is 12.4. The fourth-order valence-electron chi connectivity index (χ4n) is 4.69. The van der Waals surface area contributed by atoms with Gasteiger partial charge in [0.2, 0.25) is 12.2 Å². The maximum atomic E-state index is 12.4. The predicted molar refractivity (Wildman–Crippen MR) is 107 cm³/mol. The number of carbonyl (C=O) groups is 2. The van der Waals surface area contributed by atoms with Crippen LogP contribution in [0.2, 0.25) is 0 Å². The van der Waals surface area contributed by atoms with Crippen LogP contribution in [0.5, 0.6) is 0 Å². The van der Waals surface area contributed by atoms with E-state index in [0.29, 0.717) is 25.2 Å². The van der Waals surface area contributed by atoms with Crippen molar-refractivity contribution in [2.24, 2.45) is 23.9 Å². The van der Waals surface area contributed by atoms with Gasteiger partial charge in [0.1, 0.15) is 18.1 Å². The van der Waals surface area contributed by atoms with Gasteiger partial charge in [0.25, 0.3) is 5.24 Å². The maximum Gasteiger partial charge on any atom is 0.268 e. The number of carbonyl (C=O) groups excluding carboxylic acids is 2. The number of rotatable bonds is 7. The molecule has 3 aliphatic heterocycles. The zero-order valence-corrected chi connectivity index (χ0v) is 17.5. The highest BCUT2D eigenvalue weighted by atomic mass is 35.5. The lowest BCUT2D eigenvalue weighted by Gasteiger charge is -2.44. The Bertz CT molecular complexity index is 890. The molecule has 1 saturated heterocycles. The largest absolute Gasteiger partial charge is 0.393 e. The first-order chi connectivity index (χ1) is 13.9. The molecule has 156 valence electrons. The Morgan fingerprint density at radius 3 is 2.90 bits per heavy atom. The van der Waals surface area contributed by atoms with Crippen LogP contribution in [0.25, 0.3) is 0 Å². The van der Waals surface area contributed by atoms with Gasteiger partial charge in [-0.05, 0) is 36.9 Å². The van der Waals surface area contributed by atoms with Crippen LogP contribution in [-0.2, 0) is 23.2 Å². The highest BCUT2D eigenvalue weighted by Crippen LogP contribution is 2.46. The number of aryl methyl sites for hydroxylation is 2. The van der Waals surface area contributed by atoms with Gasteiger partial charge in [-0.1, -0.05) is 0 Å². The summed E-state index contributed by atoms with van der Waals surface area (Å²) in [6.07, 6.45) is 7.82. The van der Waals surface area contributed by atoms with E-state index >= 15 is 0 Å². The van der Waals surface area contributed by atoms with Crippen LogP contribution in [0.3, 0.4) is 0 Å². The number of aliphatic hydroxyl groups is 1. The molecule has 8 nitrogen and oxygen atoms in total. The average molecular weight is 421 g/mol. The molecule has 0 aliphatic carbocycles. The standard InChI is InChI=1S/C20H27ClN5O3/c1-12(27)17-15-8-14(18(19(21)28)26(15)20(17)29)13-9-22-16(23-10-13)4-3-5-25-7-6-24(2)11-25/h6-7,11-13,15,17,27H,3-5,8-10H2,1-2H3,(H,22,23)/q+1/t12-,15-,17-/m1/s1. The minimum atomic E-state index is -0.730. The van der Waals surface area contributed by atoms with Crippen LogP contribution in [0.1, 0.15) is 26.2 Å². The van der Waals surface area contributed by atoms with Crippen molar-refractivity contribution in [2.75, 3.05) is 13.1 Å². The van der Waals surface area contributed by atoms with E-state index in [0.717, 1.165) is 30.8 Å². The molecular weight excluding hydrogens is 394 g/mol. The molecule has 29 heavy (non-hydrogen) atoms. The number of nitrogens with one attached hydrogen (secondary N) is 1. The van der Waals surface area contributed by atoms with E-state index in [1.54, 1.807) is 6.92 Å². The number of amides is 1. The summed E-state index contributed by atoms with van der Waals surface area (Å²) in [5.41, 5.74) is 1.20. The van der Waals surface area contributed by atoms with Gasteiger partial charge in [0.15, 0.2) is 0 Å². The van der Waals surface area contributed by atoms with E-state index in [1.807, 2.05) is 17.8 Å². The predicted octanol–water partition coefficient (Wildman–Crippen LogP) is 0.342. The molecule has 0 aromatic carbocycles. The van der Waals surface area contributed by atoms with Gasteiger partial charge < -0.3 is 15.3 Å². The van der Waals surface area contributed by atoms with Gasteiger partial charge >= 0.3 is 0 Å². The molecule has 4 heterocycles. The third-order valence-electron chi connectivity index (χ3n) is 6.15. The van der Waals surface area contributed by atoms with Gasteiger partial charge in [0, 0.05) is 25.4 Å². The molecular formula is C20H27ClN5O3+. The highest BCUT2D eigenvalue weighted by Gasteiger charge is 2.57. The summed E-state index contributed by atoms with van der Waals surface area (Å²) < 4.78 is 4.16. The Hall–Kier alpha value is -2.19. The molecule has 0 spiro atoms. The number of nitrogens with zero attached hydrogens (tertiary/aromatic N) is 4. The SMILES string of the molecule is C[C@@H](O)[C@H]1C(=O)N2C(C(=O)Cl)=C(C3CN=C(CCCn4cc[n+](C)c4)NC3)C[C@H]12. The Labute approximate surface area is 174 Å². The van der Waals surface area contributed by atoms with Crippen molar-refractivity contribution in [3.63, 3.8) is 0 Å². The van der Waals surface area contributed by atoms with Crippen LogP contribution in [0.15, 0.2) is 35.0 Å². The van der Waals surface area contributed by atoms with Crippen LogP contribution in [0, 0.1) is 11.8 Å². The second-order valence-electron chi connectivity index (χ2n) is 8.18. The normalized spacial score (nSPS) is 27.3. The number of allylic oxidation sites excluding steroid dienone is 1. The Balaban J connectivity index is 1.38. The topological polar surface area (TPSA) is 90.8 Å². The van der Waals surface area contributed by atoms with Crippen molar-refractivity contribution in [3.05, 3.63) is 30.0 Å². The molecule has 0 saturated carbocycles. The summed E-state index contributed by atoms with van der Waals surface area (Å²) in [7, 11) is 2.00. The molecule has 2 N–H and O–H groups in total. The molecule has 9 heteroatoms. The lowest BCUT2D eigenvalue weighted by atomic mass is 9.82. The summed E-state index contributed by atoms with van der Waals surface area (Å²) in [6.45, 7) is 3.80. The zero-order valence-electron chi connectivity index (χ0n) is 16.7. The Kier molecular flexibility index (Phi) is 5.48. The van der Waals surface area contributed by atoms with E-state index < -0.39 is 17.3 Å². The third kappa shape index (κ3) is 3.71. The average Bonchev–Trinajstić information content (AvgIpc) is 3.23. The van der Waals surface area contributed by atoms with Crippen molar-refractivity contribution in [2.45, 2.75) is 44.9 Å². The van der Waals surface area contributed by atoms with E-state index in [-0.39, 0.29) is 17.9 Å². The van der Waals surface area contributed by atoms with Crippen molar-refractivity contribution >= 4 is 28.6 Å². The van der Waals surface area contributed by atoms with Gasteiger partial charge in [-0.2, -0.15) is 0 Å². The summed E-state index contributed by atoms with van der Waals surface area (Å²) in [4.78, 5) is 30.6. The van der Waals surface area contributed by atoms with E-state index in [2.05, 4.69) is 27.4 Å². The van der Waals surface area contributed by atoms with Gasteiger partial charge in [-0.25, -0.2) is 9.13 Å². The lowest BCUT2D eigenvalue weighted by Crippen LogP contribution is -2.61. The van der Waals surface area contributed by atoms with Crippen molar-refractivity contribution in [1.82, 2.24) is 14.8 Å². The van der Waals surface area contributed by atoms with Gasteiger partial charge in [-0.15, -0.1) is 0 Å². The first-order valence-electron chi connectivity index (χ1n) is 10.1. The summed E-state index contributed by atoms with van der Waals surface area (Å²) in [5, 5.41) is 12.7. The Morgan fingerprint density at radius 2 is 2.31 bits per heavy atom. The second-order valence-corrected chi connectivity index (χ2v) is 8.52. The van der Waals surface area contributed by atoms with Crippen LogP contribution < -0.4 is 9.88 Å². The third-order valence-corrected chi connectivity index (χ3v) is 6.33. The quantitative estimate of drug-likeness (QED) is 0.378. The molecule has 1 unspecified atom stereocenters. The summed E-state index contributed by atoms with van der Waals surface area (Å²) in [5.74, 6) is 0.351. The first kappa shape index (κ1) is 20.1. The van der Waals surface area contributed by atoms with Crippen LogP contribution >= 0.6 is 11.6 Å². The number of β-lactam (4-membered cyclic amide) rings is 1. The Morgan fingerprint density at radius 1 is 1.52 bits per heavy atom. The highest BCUT2D eigenvalue weighted by molar-refractivity contribution is 6.67. The second kappa shape index (κ2) is 7.91. The number of aromatic nitrogens is 2. The number of halogens is 1. The number of aliphatic imine (C=N–C) groups is 1. The van der Waals surface area contributed by atoms with Crippen molar-refractivity contribution in [3.8, 4) is 0 Å². The molecule has 3 aliphatic rings. The number of aliphatic hydroxyl groups excluding tert-OH is 1. The summed E-state index contributed by atoms with van der Waals surface area (Å²) >= 11 is 5.83. The molecule has 0 radical (unpaired) electrons. The number of fused-ring (bicyclic) bond motifs is 1. The van der Waals surface area contributed by atoms with E-state index in [1.165, 1.54) is 4.90 Å². The van der Waals surface area contributed by atoms with E-state index in [4.69, 9.17) is 11.6 Å². The minimum Gasteiger partial charge on any atom is -0.393 e. The van der Waals surface area contributed by atoms with Gasteiger partial charge in [-0.3, -0.25) is 14.6 Å². The van der Waals surface area contributed by atoms with E-state index in [9.17, 15) is 14.7 Å². The molecule has 1 fully saturated rings. The lowest BCUT2D eigenvalue weighted by molar-refractivity contribution is -0.671. The monoisotopic (exact) mass is 420 g/mol. The van der Waals surface area contributed by atoms with Crippen LogP contribution in [-0.4, -0.2) is 56.8 Å². The zero-order chi connectivity index (χ0) is 20.7. The fraction of sp³-hybridized carbons (Fsp3) is 0.600.